The highest BCUT2D eigenvalue weighted by Crippen LogP contribution is 2.15. The van der Waals surface area contributed by atoms with E-state index in [1.807, 2.05) is 0 Å². The quantitative estimate of drug-likeness (QED) is 0.381. The Balaban J connectivity index is 2.55. The molecule has 1 fully saturated rings. The minimum absolute atomic E-state index is 0.0255. The number of carboxylic acid groups (broad SMARTS) is 2. The number of likely N-dealkylation sites (tertiary alicyclic amines) is 1. The van der Waals surface area contributed by atoms with Crippen LogP contribution in [0.25, 0.3) is 0 Å². The van der Waals surface area contributed by atoms with E-state index in [0.29, 0.717) is 0 Å². The number of nitrogens with one attached hydrogen (secondary N) is 1. The van der Waals surface area contributed by atoms with Crippen molar-refractivity contribution in [3.8, 4) is 0 Å². The zero-order chi connectivity index (χ0) is 13.7. The van der Waals surface area contributed by atoms with Crippen molar-refractivity contribution in [3.63, 3.8) is 0 Å². The summed E-state index contributed by atoms with van der Waals surface area (Å²) in [5, 5.41) is 20.0. The zero-order valence-corrected chi connectivity index (χ0v) is 9.59. The minimum atomic E-state index is -1.29. The third-order valence-electron chi connectivity index (χ3n) is 2.54. The smallest absolute Gasteiger partial charge is 0.328 e. The number of rotatable bonds is 7. The monoisotopic (exact) mass is 258 g/mol. The molecule has 0 aromatic carbocycles. The Bertz CT molecular complexity index is 365. The first-order chi connectivity index (χ1) is 8.43. The fourth-order valence-electron chi connectivity index (χ4n) is 1.66. The Hall–Kier alpha value is -1.96. The van der Waals surface area contributed by atoms with E-state index in [1.165, 1.54) is 0 Å². The molecule has 18 heavy (non-hydrogen) atoms. The van der Waals surface area contributed by atoms with E-state index in [4.69, 9.17) is 10.2 Å². The van der Waals surface area contributed by atoms with Crippen molar-refractivity contribution < 1.29 is 29.4 Å². The number of nitrogens with zero attached hydrogens (tertiary/aromatic N) is 1. The van der Waals surface area contributed by atoms with E-state index >= 15 is 0 Å². The lowest BCUT2D eigenvalue weighted by Crippen LogP contribution is -2.50. The Morgan fingerprint density at radius 2 is 1.78 bits per heavy atom. The van der Waals surface area contributed by atoms with E-state index < -0.39 is 29.8 Å². The number of amides is 2. The summed E-state index contributed by atoms with van der Waals surface area (Å²) in [6.07, 6.45) is -0.107. The van der Waals surface area contributed by atoms with Crippen LogP contribution in [0.15, 0.2) is 0 Å². The van der Waals surface area contributed by atoms with Crippen molar-refractivity contribution in [2.45, 2.75) is 25.3 Å². The van der Waals surface area contributed by atoms with Crippen molar-refractivity contribution in [2.75, 3.05) is 13.1 Å². The van der Waals surface area contributed by atoms with Crippen molar-refractivity contribution in [1.29, 1.82) is 0 Å². The number of hydrogen-bond donors (Lipinski definition) is 3. The predicted molar refractivity (Wildman–Crippen MR) is 57.6 cm³/mol. The molecule has 1 aliphatic heterocycles. The van der Waals surface area contributed by atoms with Crippen molar-refractivity contribution in [2.24, 2.45) is 0 Å². The first-order valence-corrected chi connectivity index (χ1v) is 5.43. The van der Waals surface area contributed by atoms with Crippen LogP contribution < -0.4 is 5.32 Å². The maximum absolute atomic E-state index is 11.4. The summed E-state index contributed by atoms with van der Waals surface area (Å²) in [6.45, 7) is -0.0740. The van der Waals surface area contributed by atoms with Crippen LogP contribution in [0.1, 0.15) is 19.3 Å². The predicted octanol–water partition coefficient (Wildman–Crippen LogP) is -1.35. The summed E-state index contributed by atoms with van der Waals surface area (Å²) in [5.41, 5.74) is 0. The molecule has 8 heteroatoms. The van der Waals surface area contributed by atoms with E-state index in [9.17, 15) is 19.2 Å². The largest absolute Gasteiger partial charge is 0.481 e. The molecule has 2 amide bonds. The van der Waals surface area contributed by atoms with Gasteiger partial charge in [0.2, 0.25) is 11.8 Å². The highest BCUT2D eigenvalue weighted by molar-refractivity contribution is 6.04. The van der Waals surface area contributed by atoms with Crippen LogP contribution in [0.5, 0.6) is 0 Å². The number of carbonyl (C=O) groups is 4. The van der Waals surface area contributed by atoms with Gasteiger partial charge in [0.25, 0.3) is 0 Å². The molecule has 1 atom stereocenters. The first kappa shape index (κ1) is 14.1. The lowest BCUT2D eigenvalue weighted by molar-refractivity contribution is -0.154. The van der Waals surface area contributed by atoms with Gasteiger partial charge in [-0.3, -0.25) is 19.3 Å². The second-order valence-electron chi connectivity index (χ2n) is 3.86. The second kappa shape index (κ2) is 6.10. The third kappa shape index (κ3) is 3.52. The Kier molecular flexibility index (Phi) is 4.78. The normalized spacial score (nSPS) is 17.0. The standard InChI is InChI=1S/C10H14N2O6/c13-7-1-2-8(14)12(7)6(10(17)18)5-11-4-3-9(15)16/h6,11H,1-5H2,(H,15,16)(H,17,18). The molecule has 0 aromatic rings. The van der Waals surface area contributed by atoms with Gasteiger partial charge in [0, 0.05) is 25.9 Å². The van der Waals surface area contributed by atoms with Gasteiger partial charge in [-0.25, -0.2) is 4.79 Å². The SMILES string of the molecule is O=C(O)CCNCC(C(=O)O)N1C(=O)CCC1=O. The summed E-state index contributed by atoms with van der Waals surface area (Å²) in [4.78, 5) is 44.8. The molecular formula is C10H14N2O6. The molecule has 1 rings (SSSR count). The summed E-state index contributed by atoms with van der Waals surface area (Å²) in [5.74, 6) is -3.32. The molecule has 1 saturated heterocycles. The Labute approximate surface area is 103 Å². The van der Waals surface area contributed by atoms with Gasteiger partial charge in [-0.05, 0) is 0 Å². The number of carbonyl (C=O) groups excluding carboxylic acids is 2. The minimum Gasteiger partial charge on any atom is -0.481 e. The van der Waals surface area contributed by atoms with Crippen molar-refractivity contribution >= 4 is 23.8 Å². The van der Waals surface area contributed by atoms with E-state index in [2.05, 4.69) is 5.32 Å². The first-order valence-electron chi connectivity index (χ1n) is 5.43. The Morgan fingerprint density at radius 1 is 1.22 bits per heavy atom. The van der Waals surface area contributed by atoms with Crippen LogP contribution in [0.2, 0.25) is 0 Å². The molecule has 1 heterocycles. The molecule has 0 saturated carbocycles. The van der Waals surface area contributed by atoms with Crippen LogP contribution in [-0.2, 0) is 19.2 Å². The van der Waals surface area contributed by atoms with Gasteiger partial charge in [0.1, 0.15) is 6.04 Å². The summed E-state index contributed by atoms with van der Waals surface area (Å²) in [6, 6.07) is -1.28. The van der Waals surface area contributed by atoms with Gasteiger partial charge >= 0.3 is 11.9 Å². The van der Waals surface area contributed by atoms with Gasteiger partial charge in [0.05, 0.1) is 6.42 Å². The van der Waals surface area contributed by atoms with E-state index in [0.717, 1.165) is 4.90 Å². The zero-order valence-electron chi connectivity index (χ0n) is 9.59. The molecular weight excluding hydrogens is 244 g/mol. The van der Waals surface area contributed by atoms with Crippen LogP contribution >= 0.6 is 0 Å². The highest BCUT2D eigenvalue weighted by atomic mass is 16.4. The average molecular weight is 258 g/mol. The highest BCUT2D eigenvalue weighted by Gasteiger charge is 2.38. The second-order valence-corrected chi connectivity index (χ2v) is 3.86. The molecule has 0 aliphatic carbocycles. The lowest BCUT2D eigenvalue weighted by atomic mass is 10.2. The number of hydrogen-bond acceptors (Lipinski definition) is 5. The summed E-state index contributed by atoms with van der Waals surface area (Å²) < 4.78 is 0. The molecule has 1 aliphatic rings. The van der Waals surface area contributed by atoms with Crippen molar-refractivity contribution in [1.82, 2.24) is 10.2 Å². The molecule has 8 nitrogen and oxygen atoms in total. The van der Waals surface area contributed by atoms with Crippen LogP contribution in [-0.4, -0.2) is 58.0 Å². The molecule has 0 radical (unpaired) electrons. The number of imide groups is 1. The van der Waals surface area contributed by atoms with Crippen molar-refractivity contribution in [3.05, 3.63) is 0 Å². The third-order valence-corrected chi connectivity index (χ3v) is 2.54. The molecule has 1 unspecified atom stereocenters. The van der Waals surface area contributed by atoms with E-state index in [-0.39, 0.29) is 32.4 Å². The van der Waals surface area contributed by atoms with Crippen LogP contribution in [0.3, 0.4) is 0 Å². The molecule has 0 spiro atoms. The fourth-order valence-corrected chi connectivity index (χ4v) is 1.66. The van der Waals surface area contributed by atoms with Gasteiger partial charge < -0.3 is 15.5 Å². The van der Waals surface area contributed by atoms with Gasteiger partial charge in [-0.2, -0.15) is 0 Å². The van der Waals surface area contributed by atoms with E-state index in [1.54, 1.807) is 0 Å². The molecule has 0 aromatic heterocycles. The molecule has 100 valence electrons. The van der Waals surface area contributed by atoms with Gasteiger partial charge in [-0.15, -0.1) is 0 Å². The summed E-state index contributed by atoms with van der Waals surface area (Å²) in [7, 11) is 0. The number of aliphatic carboxylic acids is 2. The average Bonchev–Trinajstić information content (AvgIpc) is 2.59. The molecule has 3 N–H and O–H groups in total. The lowest BCUT2D eigenvalue weighted by Gasteiger charge is -2.22. The fraction of sp³-hybridized carbons (Fsp3) is 0.600. The van der Waals surface area contributed by atoms with Crippen LogP contribution in [0.4, 0.5) is 0 Å². The number of carboxylic acids is 2. The van der Waals surface area contributed by atoms with Crippen LogP contribution in [0, 0.1) is 0 Å². The summed E-state index contributed by atoms with van der Waals surface area (Å²) >= 11 is 0. The van der Waals surface area contributed by atoms with Gasteiger partial charge in [-0.1, -0.05) is 0 Å². The maximum Gasteiger partial charge on any atom is 0.328 e. The molecule has 0 bridgehead atoms. The Morgan fingerprint density at radius 3 is 2.22 bits per heavy atom. The topological polar surface area (TPSA) is 124 Å². The van der Waals surface area contributed by atoms with Gasteiger partial charge in [0.15, 0.2) is 0 Å². The maximum atomic E-state index is 11.4.